The molecule has 0 saturated carbocycles. The first-order valence-electron chi connectivity index (χ1n) is 5.73. The van der Waals surface area contributed by atoms with E-state index < -0.39 is 0 Å². The lowest BCUT2D eigenvalue weighted by Gasteiger charge is -2.11. The number of halogens is 1. The average molecular weight is 279 g/mol. The summed E-state index contributed by atoms with van der Waals surface area (Å²) >= 11 is 5.93. The number of nitrogens with zero attached hydrogens (tertiary/aromatic N) is 2. The number of hydrogen-bond acceptors (Lipinski definition) is 3. The van der Waals surface area contributed by atoms with Crippen molar-refractivity contribution < 1.29 is 4.74 Å². The molecule has 0 aliphatic rings. The molecular formula is C13H15ClN4O. The molecule has 0 spiro atoms. The number of amidine groups is 1. The van der Waals surface area contributed by atoms with E-state index in [2.05, 4.69) is 5.10 Å². The summed E-state index contributed by atoms with van der Waals surface area (Å²) in [6.45, 7) is 2.27. The molecule has 1 aromatic heterocycles. The van der Waals surface area contributed by atoms with Crippen LogP contribution in [0.15, 0.2) is 24.3 Å². The van der Waals surface area contributed by atoms with Gasteiger partial charge in [-0.05, 0) is 31.2 Å². The van der Waals surface area contributed by atoms with Crippen LogP contribution in [0.2, 0.25) is 5.02 Å². The number of nitrogens with one attached hydrogen (secondary N) is 1. The zero-order chi connectivity index (χ0) is 14.0. The van der Waals surface area contributed by atoms with Gasteiger partial charge in [-0.15, -0.1) is 0 Å². The Morgan fingerprint density at radius 3 is 2.79 bits per heavy atom. The van der Waals surface area contributed by atoms with Gasteiger partial charge < -0.3 is 10.5 Å². The molecule has 0 aliphatic carbocycles. The van der Waals surface area contributed by atoms with Gasteiger partial charge in [-0.1, -0.05) is 11.6 Å². The maximum atomic E-state index is 7.51. The second-order valence-electron chi connectivity index (χ2n) is 4.24. The fourth-order valence-electron chi connectivity index (χ4n) is 1.79. The predicted molar refractivity (Wildman–Crippen MR) is 74.7 cm³/mol. The molecule has 2 aromatic rings. The van der Waals surface area contributed by atoms with Gasteiger partial charge in [0.15, 0.2) is 0 Å². The Bertz CT molecular complexity index is 621. The Morgan fingerprint density at radius 2 is 2.21 bits per heavy atom. The molecule has 0 bridgehead atoms. The number of hydrogen-bond donors (Lipinski definition) is 2. The number of aryl methyl sites for hydroxylation is 2. The molecule has 0 amide bonds. The van der Waals surface area contributed by atoms with E-state index in [1.54, 1.807) is 22.9 Å². The van der Waals surface area contributed by atoms with Gasteiger partial charge in [0.05, 0.1) is 17.0 Å². The molecule has 3 N–H and O–H groups in total. The van der Waals surface area contributed by atoms with Crippen molar-refractivity contribution in [3.8, 4) is 5.75 Å². The Labute approximate surface area is 116 Å². The minimum absolute atomic E-state index is 0.0483. The number of ether oxygens (including phenoxy) is 1. The summed E-state index contributed by atoms with van der Waals surface area (Å²) in [4.78, 5) is 0. The number of benzene rings is 1. The number of nitrogens with two attached hydrogens (primary N) is 1. The molecule has 0 unspecified atom stereocenters. The van der Waals surface area contributed by atoms with E-state index in [9.17, 15) is 0 Å². The number of aromatic nitrogens is 2. The van der Waals surface area contributed by atoms with E-state index >= 15 is 0 Å². The quantitative estimate of drug-likeness (QED) is 0.665. The topological polar surface area (TPSA) is 76.9 Å². The van der Waals surface area contributed by atoms with Crippen LogP contribution in [-0.4, -0.2) is 15.6 Å². The Hall–Kier alpha value is -2.01. The van der Waals surface area contributed by atoms with E-state index in [1.807, 2.05) is 20.0 Å². The maximum absolute atomic E-state index is 7.51. The van der Waals surface area contributed by atoms with Crippen LogP contribution in [0, 0.1) is 12.3 Å². The molecular weight excluding hydrogens is 264 g/mol. The van der Waals surface area contributed by atoms with Gasteiger partial charge in [0.1, 0.15) is 18.2 Å². The van der Waals surface area contributed by atoms with E-state index in [4.69, 9.17) is 27.5 Å². The third kappa shape index (κ3) is 3.06. The van der Waals surface area contributed by atoms with Crippen molar-refractivity contribution in [2.24, 2.45) is 12.8 Å². The molecule has 6 heteroatoms. The summed E-state index contributed by atoms with van der Waals surface area (Å²) in [5.74, 6) is 0.451. The summed E-state index contributed by atoms with van der Waals surface area (Å²) in [6, 6.07) is 6.95. The highest BCUT2D eigenvalue weighted by molar-refractivity contribution is 6.30. The van der Waals surface area contributed by atoms with Crippen LogP contribution in [0.3, 0.4) is 0 Å². The molecule has 1 aromatic carbocycles. The van der Waals surface area contributed by atoms with E-state index in [-0.39, 0.29) is 5.84 Å². The molecule has 0 aliphatic heterocycles. The van der Waals surface area contributed by atoms with Crippen LogP contribution in [0.5, 0.6) is 5.75 Å². The van der Waals surface area contributed by atoms with Gasteiger partial charge in [0, 0.05) is 12.1 Å². The first-order chi connectivity index (χ1) is 8.97. The fraction of sp³-hybridized carbons (Fsp3) is 0.231. The molecule has 100 valence electrons. The highest BCUT2D eigenvalue weighted by atomic mass is 35.5. The van der Waals surface area contributed by atoms with Gasteiger partial charge in [-0.3, -0.25) is 10.1 Å². The third-order valence-electron chi connectivity index (χ3n) is 2.71. The van der Waals surface area contributed by atoms with E-state index in [1.165, 1.54) is 0 Å². The van der Waals surface area contributed by atoms with E-state index in [0.29, 0.717) is 22.9 Å². The second kappa shape index (κ2) is 5.32. The molecule has 1 heterocycles. The lowest BCUT2D eigenvalue weighted by Crippen LogP contribution is -2.13. The SMILES string of the molecule is Cc1cc(COc2cc(Cl)ccc2C(=N)N)n(C)n1. The zero-order valence-corrected chi connectivity index (χ0v) is 11.5. The zero-order valence-electron chi connectivity index (χ0n) is 10.8. The minimum Gasteiger partial charge on any atom is -0.486 e. The van der Waals surface area contributed by atoms with Crippen molar-refractivity contribution in [1.29, 1.82) is 5.41 Å². The van der Waals surface area contributed by atoms with Gasteiger partial charge in [-0.2, -0.15) is 5.10 Å². The van der Waals surface area contributed by atoms with Crippen molar-refractivity contribution in [2.75, 3.05) is 0 Å². The molecule has 5 nitrogen and oxygen atoms in total. The van der Waals surface area contributed by atoms with Crippen LogP contribution in [-0.2, 0) is 13.7 Å². The predicted octanol–water partition coefficient (Wildman–Crippen LogP) is 2.24. The summed E-state index contributed by atoms with van der Waals surface area (Å²) in [5.41, 5.74) is 7.91. The highest BCUT2D eigenvalue weighted by Crippen LogP contribution is 2.24. The molecule has 0 radical (unpaired) electrons. The van der Waals surface area contributed by atoms with Crippen molar-refractivity contribution in [3.05, 3.63) is 46.2 Å². The first-order valence-corrected chi connectivity index (χ1v) is 6.11. The maximum Gasteiger partial charge on any atom is 0.132 e. The largest absolute Gasteiger partial charge is 0.486 e. The molecule has 0 fully saturated rings. The van der Waals surface area contributed by atoms with Crippen molar-refractivity contribution in [2.45, 2.75) is 13.5 Å². The van der Waals surface area contributed by atoms with Crippen molar-refractivity contribution in [3.63, 3.8) is 0 Å². The van der Waals surface area contributed by atoms with Crippen LogP contribution in [0.4, 0.5) is 0 Å². The van der Waals surface area contributed by atoms with Gasteiger partial charge in [0.2, 0.25) is 0 Å². The minimum atomic E-state index is -0.0483. The molecule has 0 atom stereocenters. The van der Waals surface area contributed by atoms with Gasteiger partial charge >= 0.3 is 0 Å². The summed E-state index contributed by atoms with van der Waals surface area (Å²) < 4.78 is 7.45. The van der Waals surface area contributed by atoms with E-state index in [0.717, 1.165) is 11.4 Å². The molecule has 0 saturated heterocycles. The summed E-state index contributed by atoms with van der Waals surface area (Å²) in [7, 11) is 1.86. The summed E-state index contributed by atoms with van der Waals surface area (Å²) in [6.07, 6.45) is 0. The Balaban J connectivity index is 2.21. The standard InChI is InChI=1S/C13H15ClN4O/c1-8-5-10(18(2)17-8)7-19-12-6-9(14)3-4-11(12)13(15)16/h3-6H,7H2,1-2H3,(H3,15,16). The van der Waals surface area contributed by atoms with Gasteiger partial charge in [-0.25, -0.2) is 0 Å². The Morgan fingerprint density at radius 1 is 1.47 bits per heavy atom. The Kier molecular flexibility index (Phi) is 3.76. The lowest BCUT2D eigenvalue weighted by molar-refractivity contribution is 0.294. The third-order valence-corrected chi connectivity index (χ3v) is 2.94. The summed E-state index contributed by atoms with van der Waals surface area (Å²) in [5, 5.41) is 12.3. The second-order valence-corrected chi connectivity index (χ2v) is 4.68. The van der Waals surface area contributed by atoms with Crippen molar-refractivity contribution >= 4 is 17.4 Å². The first kappa shape index (κ1) is 13.4. The van der Waals surface area contributed by atoms with Gasteiger partial charge in [0.25, 0.3) is 0 Å². The smallest absolute Gasteiger partial charge is 0.132 e. The average Bonchev–Trinajstić information content (AvgIpc) is 2.65. The van der Waals surface area contributed by atoms with Crippen LogP contribution in [0.1, 0.15) is 17.0 Å². The molecule has 2 rings (SSSR count). The van der Waals surface area contributed by atoms with Crippen LogP contribution < -0.4 is 10.5 Å². The highest BCUT2D eigenvalue weighted by Gasteiger charge is 2.09. The van der Waals surface area contributed by atoms with Crippen LogP contribution >= 0.6 is 11.6 Å². The number of nitrogen functional groups attached to an aromatic ring is 1. The van der Waals surface area contributed by atoms with Crippen molar-refractivity contribution in [1.82, 2.24) is 9.78 Å². The monoisotopic (exact) mass is 278 g/mol. The fourth-order valence-corrected chi connectivity index (χ4v) is 1.95. The number of rotatable bonds is 4. The normalized spacial score (nSPS) is 10.5. The molecule has 19 heavy (non-hydrogen) atoms. The lowest BCUT2D eigenvalue weighted by atomic mass is 10.2. The van der Waals surface area contributed by atoms with Crippen LogP contribution in [0.25, 0.3) is 0 Å².